The highest BCUT2D eigenvalue weighted by atomic mass is 127. The Labute approximate surface area is 95.6 Å². The van der Waals surface area contributed by atoms with Crippen molar-refractivity contribution in [1.82, 2.24) is 0 Å². The van der Waals surface area contributed by atoms with Gasteiger partial charge < -0.3 is 4.74 Å². The van der Waals surface area contributed by atoms with Crippen LogP contribution in [0.2, 0.25) is 0 Å². The van der Waals surface area contributed by atoms with E-state index in [0.717, 1.165) is 9.13 Å². The maximum Gasteiger partial charge on any atom is 0.387 e. The molecule has 0 heterocycles. The first-order valence-electron chi connectivity index (χ1n) is 4.24. The lowest BCUT2D eigenvalue weighted by atomic mass is 10.0. The van der Waals surface area contributed by atoms with E-state index in [0.29, 0.717) is 5.92 Å². The second-order valence-corrected chi connectivity index (χ2v) is 4.50. The summed E-state index contributed by atoms with van der Waals surface area (Å²) >= 11 is 2.09. The number of halogens is 3. The van der Waals surface area contributed by atoms with Crippen molar-refractivity contribution in [2.75, 3.05) is 0 Å². The Morgan fingerprint density at radius 1 is 1.21 bits per heavy atom. The molecule has 78 valence electrons. The number of ether oxygens (including phenoxy) is 1. The van der Waals surface area contributed by atoms with Crippen LogP contribution >= 0.6 is 22.6 Å². The zero-order valence-electron chi connectivity index (χ0n) is 7.93. The van der Waals surface area contributed by atoms with Crippen molar-refractivity contribution in [2.24, 2.45) is 0 Å². The van der Waals surface area contributed by atoms with E-state index in [1.807, 2.05) is 19.9 Å². The first-order chi connectivity index (χ1) is 6.49. The lowest BCUT2D eigenvalue weighted by Crippen LogP contribution is -2.03. The van der Waals surface area contributed by atoms with Crippen LogP contribution in [0.15, 0.2) is 18.2 Å². The summed E-state index contributed by atoms with van der Waals surface area (Å²) in [6.45, 7) is 1.27. The van der Waals surface area contributed by atoms with Gasteiger partial charge in [0, 0.05) is 3.57 Å². The molecule has 0 aliphatic rings. The van der Waals surface area contributed by atoms with E-state index in [2.05, 4.69) is 27.3 Å². The molecule has 0 unspecified atom stereocenters. The van der Waals surface area contributed by atoms with Gasteiger partial charge in [-0.05, 0) is 52.3 Å². The summed E-state index contributed by atoms with van der Waals surface area (Å²) < 4.78 is 29.2. The molecule has 0 aliphatic carbocycles. The maximum atomic E-state index is 12.0. The fourth-order valence-electron chi connectivity index (χ4n) is 1.09. The molecule has 0 spiro atoms. The summed E-state index contributed by atoms with van der Waals surface area (Å²) in [5, 5.41) is 0. The molecule has 0 saturated heterocycles. The van der Waals surface area contributed by atoms with Crippen molar-refractivity contribution in [3.63, 3.8) is 0 Å². The van der Waals surface area contributed by atoms with Gasteiger partial charge in [0.1, 0.15) is 5.75 Å². The summed E-state index contributed by atoms with van der Waals surface area (Å²) in [5.41, 5.74) is 1.01. The Kier molecular flexibility index (Phi) is 4.10. The van der Waals surface area contributed by atoms with Crippen LogP contribution in [0.1, 0.15) is 25.3 Å². The minimum atomic E-state index is -2.76. The number of hydrogen-bond donors (Lipinski definition) is 0. The highest BCUT2D eigenvalue weighted by molar-refractivity contribution is 14.1. The molecule has 1 aromatic rings. The van der Waals surface area contributed by atoms with Crippen LogP contribution in [0, 0.1) is 3.57 Å². The molecular weight excluding hydrogens is 301 g/mol. The van der Waals surface area contributed by atoms with Gasteiger partial charge in [0.05, 0.1) is 0 Å². The third kappa shape index (κ3) is 3.40. The van der Waals surface area contributed by atoms with Gasteiger partial charge in [-0.2, -0.15) is 8.78 Å². The zero-order valence-corrected chi connectivity index (χ0v) is 10.1. The Bertz CT molecular complexity index is 313. The predicted molar refractivity (Wildman–Crippen MR) is 59.9 cm³/mol. The van der Waals surface area contributed by atoms with Gasteiger partial charge in [-0.15, -0.1) is 0 Å². The summed E-state index contributed by atoms with van der Waals surface area (Å²) in [4.78, 5) is 0. The van der Waals surface area contributed by atoms with Gasteiger partial charge >= 0.3 is 6.61 Å². The van der Waals surface area contributed by atoms with Crippen molar-refractivity contribution in [1.29, 1.82) is 0 Å². The van der Waals surface area contributed by atoms with Gasteiger partial charge in [0.25, 0.3) is 0 Å². The SMILES string of the molecule is CC(C)c1cc(I)cc(OC(F)F)c1. The fourth-order valence-corrected chi connectivity index (χ4v) is 1.76. The van der Waals surface area contributed by atoms with Crippen LogP contribution in [0.5, 0.6) is 5.75 Å². The zero-order chi connectivity index (χ0) is 10.7. The standard InChI is InChI=1S/C10H11F2IO/c1-6(2)7-3-8(13)5-9(4-7)14-10(11)12/h3-6,10H,1-2H3. The van der Waals surface area contributed by atoms with Crippen LogP contribution in [0.4, 0.5) is 8.78 Å². The Morgan fingerprint density at radius 3 is 2.36 bits per heavy atom. The quantitative estimate of drug-likeness (QED) is 0.766. The van der Waals surface area contributed by atoms with Gasteiger partial charge in [0.2, 0.25) is 0 Å². The van der Waals surface area contributed by atoms with Crippen molar-refractivity contribution >= 4 is 22.6 Å². The first kappa shape index (κ1) is 11.7. The molecular formula is C10H11F2IO. The van der Waals surface area contributed by atoms with E-state index in [4.69, 9.17) is 0 Å². The molecule has 0 bridgehead atoms. The lowest BCUT2D eigenvalue weighted by Gasteiger charge is -2.10. The molecule has 4 heteroatoms. The molecule has 0 aromatic heterocycles. The van der Waals surface area contributed by atoms with Crippen molar-refractivity contribution < 1.29 is 13.5 Å². The second-order valence-electron chi connectivity index (χ2n) is 3.25. The lowest BCUT2D eigenvalue weighted by molar-refractivity contribution is -0.0499. The molecule has 1 aromatic carbocycles. The van der Waals surface area contributed by atoms with E-state index in [1.165, 1.54) is 0 Å². The average Bonchev–Trinajstić information content (AvgIpc) is 2.01. The topological polar surface area (TPSA) is 9.23 Å². The van der Waals surface area contributed by atoms with Crippen LogP contribution in [0.25, 0.3) is 0 Å². The van der Waals surface area contributed by atoms with Gasteiger partial charge in [-0.25, -0.2) is 0 Å². The minimum Gasteiger partial charge on any atom is -0.435 e. The third-order valence-electron chi connectivity index (χ3n) is 1.79. The van der Waals surface area contributed by atoms with Crippen LogP contribution in [-0.4, -0.2) is 6.61 Å². The molecule has 0 saturated carbocycles. The smallest absolute Gasteiger partial charge is 0.387 e. The van der Waals surface area contributed by atoms with Crippen LogP contribution in [0.3, 0.4) is 0 Å². The Hall–Kier alpha value is -0.390. The highest BCUT2D eigenvalue weighted by Crippen LogP contribution is 2.25. The maximum absolute atomic E-state index is 12.0. The molecule has 0 aliphatic heterocycles. The summed E-state index contributed by atoms with van der Waals surface area (Å²) in [6.07, 6.45) is 0. The Morgan fingerprint density at radius 2 is 1.86 bits per heavy atom. The number of alkyl halides is 2. The molecule has 0 amide bonds. The molecule has 14 heavy (non-hydrogen) atoms. The van der Waals surface area contributed by atoms with E-state index in [-0.39, 0.29) is 5.75 Å². The van der Waals surface area contributed by atoms with Crippen LogP contribution in [-0.2, 0) is 0 Å². The normalized spacial score (nSPS) is 11.1. The molecule has 0 radical (unpaired) electrons. The predicted octanol–water partition coefficient (Wildman–Crippen LogP) is 4.02. The molecule has 1 nitrogen and oxygen atoms in total. The second kappa shape index (κ2) is 4.91. The molecule has 1 rings (SSSR count). The van der Waals surface area contributed by atoms with Crippen LogP contribution < -0.4 is 4.74 Å². The van der Waals surface area contributed by atoms with E-state index < -0.39 is 6.61 Å². The van der Waals surface area contributed by atoms with Crippen molar-refractivity contribution in [2.45, 2.75) is 26.4 Å². The van der Waals surface area contributed by atoms with E-state index in [1.54, 1.807) is 12.1 Å². The summed E-state index contributed by atoms with van der Waals surface area (Å²) in [5.74, 6) is 0.542. The van der Waals surface area contributed by atoms with Gasteiger partial charge in [-0.3, -0.25) is 0 Å². The summed E-state index contributed by atoms with van der Waals surface area (Å²) in [7, 11) is 0. The summed E-state index contributed by atoms with van der Waals surface area (Å²) in [6, 6.07) is 5.21. The first-order valence-corrected chi connectivity index (χ1v) is 5.32. The van der Waals surface area contributed by atoms with Crippen molar-refractivity contribution in [3.05, 3.63) is 27.3 Å². The number of hydrogen-bond acceptors (Lipinski definition) is 1. The van der Waals surface area contributed by atoms with Gasteiger partial charge in [0.15, 0.2) is 0 Å². The molecule has 0 fully saturated rings. The number of rotatable bonds is 3. The Balaban J connectivity index is 2.95. The van der Waals surface area contributed by atoms with E-state index in [9.17, 15) is 8.78 Å². The number of benzene rings is 1. The van der Waals surface area contributed by atoms with E-state index >= 15 is 0 Å². The monoisotopic (exact) mass is 312 g/mol. The van der Waals surface area contributed by atoms with Crippen molar-refractivity contribution in [3.8, 4) is 5.75 Å². The van der Waals surface area contributed by atoms with Gasteiger partial charge in [-0.1, -0.05) is 13.8 Å². The largest absolute Gasteiger partial charge is 0.435 e. The molecule has 0 atom stereocenters. The minimum absolute atomic E-state index is 0.232. The highest BCUT2D eigenvalue weighted by Gasteiger charge is 2.08. The molecule has 0 N–H and O–H groups in total. The average molecular weight is 312 g/mol. The fraction of sp³-hybridized carbons (Fsp3) is 0.400. The third-order valence-corrected chi connectivity index (χ3v) is 2.41.